The van der Waals surface area contributed by atoms with Gasteiger partial charge in [0.15, 0.2) is 0 Å². The van der Waals surface area contributed by atoms with Crippen LogP contribution in [0.1, 0.15) is 24.8 Å². The van der Waals surface area contributed by atoms with Crippen LogP contribution in [-0.2, 0) is 0 Å². The molecule has 3 rings (SSSR count). The minimum atomic E-state index is -0.550. The summed E-state index contributed by atoms with van der Waals surface area (Å²) in [6, 6.07) is 14.3. The Balaban J connectivity index is 1.35. The Kier molecular flexibility index (Phi) is 8.02. The van der Waals surface area contributed by atoms with Crippen LogP contribution in [-0.4, -0.2) is 48.5 Å². The number of benzene rings is 2. The van der Waals surface area contributed by atoms with Gasteiger partial charge in [-0.3, -0.25) is 0 Å². The van der Waals surface area contributed by atoms with E-state index in [1.54, 1.807) is 36.4 Å². The van der Waals surface area contributed by atoms with Gasteiger partial charge in [0.2, 0.25) is 0 Å². The molecule has 0 aromatic heterocycles. The van der Waals surface area contributed by atoms with Gasteiger partial charge in [-0.1, -0.05) is 29.3 Å². The summed E-state index contributed by atoms with van der Waals surface area (Å²) in [5.41, 5.74) is 0.544. The average Bonchev–Trinajstić information content (AvgIpc) is 2.74. The fourth-order valence-electron chi connectivity index (χ4n) is 3.26. The van der Waals surface area contributed by atoms with Crippen LogP contribution in [0, 0.1) is 11.3 Å². The lowest BCUT2D eigenvalue weighted by Crippen LogP contribution is -2.39. The SMILES string of the molecule is N#Cc1cccc(OC[C@@H](O)CCN2CCC(Oc3ccc(Cl)c(Cl)c3)CC2)c1. The lowest BCUT2D eigenvalue weighted by Gasteiger charge is -2.32. The third-order valence-corrected chi connectivity index (χ3v) is 5.65. The van der Waals surface area contributed by atoms with Crippen molar-refractivity contribution in [3.8, 4) is 17.6 Å². The van der Waals surface area contributed by atoms with Gasteiger partial charge in [0.25, 0.3) is 0 Å². The highest BCUT2D eigenvalue weighted by Gasteiger charge is 2.21. The summed E-state index contributed by atoms with van der Waals surface area (Å²) in [5, 5.41) is 20.1. The summed E-state index contributed by atoms with van der Waals surface area (Å²) in [5.74, 6) is 1.34. The molecule has 0 spiro atoms. The summed E-state index contributed by atoms with van der Waals surface area (Å²) >= 11 is 12.0. The van der Waals surface area contributed by atoms with E-state index in [2.05, 4.69) is 11.0 Å². The predicted octanol–water partition coefficient (Wildman–Crippen LogP) is 4.54. The van der Waals surface area contributed by atoms with Crippen LogP contribution >= 0.6 is 23.2 Å². The second-order valence-electron chi connectivity index (χ2n) is 7.13. The molecule has 0 radical (unpaired) electrons. The van der Waals surface area contributed by atoms with Gasteiger partial charge >= 0.3 is 0 Å². The predicted molar refractivity (Wildman–Crippen MR) is 114 cm³/mol. The molecule has 0 bridgehead atoms. The van der Waals surface area contributed by atoms with Gasteiger partial charge in [-0.15, -0.1) is 0 Å². The standard InChI is InChI=1S/C22H24Cl2N2O3/c23-21-5-4-20(13-22(21)24)29-18-7-10-26(11-8-18)9-6-17(27)15-28-19-3-1-2-16(12-19)14-25/h1-5,12-13,17-18,27H,6-11,15H2/t17-/m0/s1. The number of rotatable bonds is 8. The topological polar surface area (TPSA) is 65.7 Å². The van der Waals surface area contributed by atoms with Crippen molar-refractivity contribution in [1.29, 1.82) is 5.26 Å². The van der Waals surface area contributed by atoms with Gasteiger partial charge in [-0.25, -0.2) is 0 Å². The van der Waals surface area contributed by atoms with E-state index >= 15 is 0 Å². The number of nitrogens with zero attached hydrogens (tertiary/aromatic N) is 2. The highest BCUT2D eigenvalue weighted by Crippen LogP contribution is 2.28. The number of halogens is 2. The number of aliphatic hydroxyl groups is 1. The number of nitriles is 1. The van der Waals surface area contributed by atoms with Crippen molar-refractivity contribution in [3.05, 3.63) is 58.1 Å². The largest absolute Gasteiger partial charge is 0.491 e. The number of aliphatic hydroxyl groups excluding tert-OH is 1. The number of hydrogen-bond acceptors (Lipinski definition) is 5. The highest BCUT2D eigenvalue weighted by molar-refractivity contribution is 6.42. The summed E-state index contributed by atoms with van der Waals surface area (Å²) in [7, 11) is 0. The first-order valence-electron chi connectivity index (χ1n) is 9.68. The van der Waals surface area contributed by atoms with Gasteiger partial charge in [-0.05, 0) is 49.6 Å². The fourth-order valence-corrected chi connectivity index (χ4v) is 3.54. The Hall–Kier alpha value is -1.97. The molecule has 29 heavy (non-hydrogen) atoms. The first-order valence-corrected chi connectivity index (χ1v) is 10.4. The molecule has 1 N–H and O–H groups in total. The van der Waals surface area contributed by atoms with E-state index in [0.29, 0.717) is 27.8 Å². The normalized spacial score (nSPS) is 16.2. The maximum Gasteiger partial charge on any atom is 0.121 e. The molecule has 2 aromatic rings. The maximum absolute atomic E-state index is 10.2. The van der Waals surface area contributed by atoms with Crippen molar-refractivity contribution in [2.45, 2.75) is 31.5 Å². The second-order valence-corrected chi connectivity index (χ2v) is 7.94. The first-order chi connectivity index (χ1) is 14.0. The van der Waals surface area contributed by atoms with Crippen molar-refractivity contribution >= 4 is 23.2 Å². The van der Waals surface area contributed by atoms with Gasteiger partial charge in [0.05, 0.1) is 27.8 Å². The number of ether oxygens (including phenoxy) is 2. The monoisotopic (exact) mass is 434 g/mol. The van der Waals surface area contributed by atoms with Gasteiger partial charge in [0.1, 0.15) is 24.2 Å². The second kappa shape index (κ2) is 10.7. The zero-order chi connectivity index (χ0) is 20.6. The highest BCUT2D eigenvalue weighted by atomic mass is 35.5. The molecule has 0 saturated carbocycles. The fraction of sp³-hybridized carbons (Fsp3) is 0.409. The van der Waals surface area contributed by atoms with Crippen LogP contribution in [0.25, 0.3) is 0 Å². The zero-order valence-electron chi connectivity index (χ0n) is 16.1. The molecule has 1 aliphatic rings. The molecular weight excluding hydrogens is 411 g/mol. The van der Waals surface area contributed by atoms with Crippen molar-refractivity contribution in [2.75, 3.05) is 26.2 Å². The average molecular weight is 435 g/mol. The maximum atomic E-state index is 10.2. The Labute approximate surface area is 181 Å². The third-order valence-electron chi connectivity index (χ3n) is 4.91. The molecule has 1 aliphatic heterocycles. The molecule has 1 saturated heterocycles. The van der Waals surface area contributed by atoms with Gasteiger partial charge < -0.3 is 19.5 Å². The molecule has 0 aliphatic carbocycles. The van der Waals surface area contributed by atoms with Crippen LogP contribution in [0.2, 0.25) is 10.0 Å². The van der Waals surface area contributed by atoms with E-state index in [9.17, 15) is 5.11 Å². The molecule has 7 heteroatoms. The molecule has 5 nitrogen and oxygen atoms in total. The molecule has 0 unspecified atom stereocenters. The van der Waals surface area contributed by atoms with E-state index in [4.69, 9.17) is 37.9 Å². The van der Waals surface area contributed by atoms with Crippen LogP contribution in [0.5, 0.6) is 11.5 Å². The Morgan fingerprint density at radius 3 is 2.62 bits per heavy atom. The van der Waals surface area contributed by atoms with E-state index < -0.39 is 6.10 Å². The Morgan fingerprint density at radius 2 is 1.90 bits per heavy atom. The van der Waals surface area contributed by atoms with Crippen molar-refractivity contribution in [2.24, 2.45) is 0 Å². The smallest absolute Gasteiger partial charge is 0.121 e. The van der Waals surface area contributed by atoms with E-state index in [1.807, 2.05) is 6.07 Å². The summed E-state index contributed by atoms with van der Waals surface area (Å²) < 4.78 is 11.6. The molecule has 1 atom stereocenters. The van der Waals surface area contributed by atoms with E-state index in [1.165, 1.54) is 0 Å². The number of hydrogen-bond donors (Lipinski definition) is 1. The quantitative estimate of drug-likeness (QED) is 0.660. The lowest BCUT2D eigenvalue weighted by atomic mass is 10.1. The number of likely N-dealkylation sites (tertiary alicyclic amines) is 1. The van der Waals surface area contributed by atoms with Crippen molar-refractivity contribution < 1.29 is 14.6 Å². The summed E-state index contributed by atoms with van der Waals surface area (Å²) in [6.45, 7) is 2.86. The third kappa shape index (κ3) is 6.80. The molecule has 1 heterocycles. The molecule has 0 amide bonds. The van der Waals surface area contributed by atoms with E-state index in [0.717, 1.165) is 38.2 Å². The minimum absolute atomic E-state index is 0.157. The lowest BCUT2D eigenvalue weighted by molar-refractivity contribution is 0.0669. The van der Waals surface area contributed by atoms with Gasteiger partial charge in [0, 0.05) is 25.7 Å². The van der Waals surface area contributed by atoms with Gasteiger partial charge in [-0.2, -0.15) is 5.26 Å². The molecular formula is C22H24Cl2N2O3. The summed E-state index contributed by atoms with van der Waals surface area (Å²) in [4.78, 5) is 2.33. The van der Waals surface area contributed by atoms with E-state index in [-0.39, 0.29) is 12.7 Å². The van der Waals surface area contributed by atoms with Crippen LogP contribution in [0.3, 0.4) is 0 Å². The van der Waals surface area contributed by atoms with Crippen LogP contribution in [0.4, 0.5) is 0 Å². The molecule has 1 fully saturated rings. The van der Waals surface area contributed by atoms with Crippen LogP contribution < -0.4 is 9.47 Å². The molecule has 154 valence electrons. The Morgan fingerprint density at radius 1 is 1.10 bits per heavy atom. The zero-order valence-corrected chi connectivity index (χ0v) is 17.6. The number of piperidine rings is 1. The summed E-state index contributed by atoms with van der Waals surface area (Å²) in [6.07, 6.45) is 2.09. The van der Waals surface area contributed by atoms with Crippen LogP contribution in [0.15, 0.2) is 42.5 Å². The Bertz CT molecular complexity index is 848. The first kappa shape index (κ1) is 21.7. The van der Waals surface area contributed by atoms with Crippen molar-refractivity contribution in [1.82, 2.24) is 4.90 Å². The minimum Gasteiger partial charge on any atom is -0.491 e. The van der Waals surface area contributed by atoms with Crippen molar-refractivity contribution in [3.63, 3.8) is 0 Å². The molecule has 2 aromatic carbocycles.